The molecule has 0 aliphatic heterocycles. The zero-order chi connectivity index (χ0) is 38.8. The van der Waals surface area contributed by atoms with Gasteiger partial charge in [0.15, 0.2) is 18.3 Å². The Kier molecular flexibility index (Phi) is 16.3. The standard InChI is InChI=1S/C44H42O8S3/c1-3-53-39(44(54-4-2)55-35-28-18-9-19-29-35)38(52-43(48)34-26-16-8-17-27-34)37(51-42(47)33-24-14-7-15-25-33)36(50-41(46)32-22-12-6-13-23-32)30-49-40(45)31-20-10-5-11-21-31/h5-29,36-39,44H,3-4,30H2,1-2H3/t36-,37-,38+,39-,44+/m1/s1. The second kappa shape index (κ2) is 21.8. The van der Waals surface area contributed by atoms with Crippen molar-refractivity contribution in [3.63, 3.8) is 0 Å². The van der Waals surface area contributed by atoms with Crippen LogP contribution in [-0.4, -0.2) is 70.1 Å². The molecule has 284 valence electrons. The number of thioether (sulfide) groups is 3. The van der Waals surface area contributed by atoms with Crippen molar-refractivity contribution in [1.29, 1.82) is 0 Å². The van der Waals surface area contributed by atoms with Gasteiger partial charge in [-0.25, -0.2) is 19.2 Å². The summed E-state index contributed by atoms with van der Waals surface area (Å²) in [5.41, 5.74) is 1.02. The maximum absolute atomic E-state index is 14.1. The van der Waals surface area contributed by atoms with E-state index < -0.39 is 54.0 Å². The zero-order valence-electron chi connectivity index (χ0n) is 30.4. The minimum Gasteiger partial charge on any atom is -0.458 e. The molecule has 0 saturated heterocycles. The lowest BCUT2D eigenvalue weighted by molar-refractivity contribution is -0.101. The van der Waals surface area contributed by atoms with E-state index in [2.05, 4.69) is 0 Å². The summed E-state index contributed by atoms with van der Waals surface area (Å²) in [6.07, 6.45) is -4.08. The number of esters is 4. The van der Waals surface area contributed by atoms with Gasteiger partial charge in [0.25, 0.3) is 0 Å². The second-order valence-corrected chi connectivity index (χ2v) is 16.3. The van der Waals surface area contributed by atoms with E-state index in [-0.39, 0.29) is 26.8 Å². The van der Waals surface area contributed by atoms with Crippen LogP contribution >= 0.6 is 35.3 Å². The van der Waals surface area contributed by atoms with E-state index in [0.717, 1.165) is 10.6 Å². The smallest absolute Gasteiger partial charge is 0.338 e. The van der Waals surface area contributed by atoms with Crippen molar-refractivity contribution in [2.45, 2.75) is 46.9 Å². The van der Waals surface area contributed by atoms with Crippen LogP contribution in [0.3, 0.4) is 0 Å². The Morgan fingerprint density at radius 3 is 1.29 bits per heavy atom. The molecule has 0 spiro atoms. The number of ether oxygens (including phenoxy) is 4. The maximum atomic E-state index is 14.1. The average molecular weight is 795 g/mol. The van der Waals surface area contributed by atoms with Crippen LogP contribution < -0.4 is 0 Å². The Bertz CT molecular complexity index is 1930. The van der Waals surface area contributed by atoms with Gasteiger partial charge < -0.3 is 18.9 Å². The first kappa shape index (κ1) is 41.2. The number of hydrogen-bond acceptors (Lipinski definition) is 11. The van der Waals surface area contributed by atoms with Crippen molar-refractivity contribution in [2.24, 2.45) is 0 Å². The largest absolute Gasteiger partial charge is 0.458 e. The molecule has 5 aromatic rings. The van der Waals surface area contributed by atoms with Gasteiger partial charge in [0, 0.05) is 4.90 Å². The molecule has 0 fully saturated rings. The normalized spacial score (nSPS) is 13.6. The third-order valence-corrected chi connectivity index (χ3v) is 12.5. The van der Waals surface area contributed by atoms with Crippen molar-refractivity contribution in [2.75, 3.05) is 18.1 Å². The molecule has 0 aliphatic rings. The molecule has 5 atom stereocenters. The molecule has 55 heavy (non-hydrogen) atoms. The molecule has 0 N–H and O–H groups in total. The summed E-state index contributed by atoms with van der Waals surface area (Å²) in [7, 11) is 0. The molecule has 0 unspecified atom stereocenters. The summed E-state index contributed by atoms with van der Waals surface area (Å²) in [4.78, 5) is 56.4. The quantitative estimate of drug-likeness (QED) is 0.0346. The lowest BCUT2D eigenvalue weighted by atomic mass is 10.0. The highest BCUT2D eigenvalue weighted by Gasteiger charge is 2.46. The van der Waals surface area contributed by atoms with Gasteiger partial charge in [0.2, 0.25) is 0 Å². The van der Waals surface area contributed by atoms with Crippen LogP contribution in [0.5, 0.6) is 0 Å². The summed E-state index contributed by atoms with van der Waals surface area (Å²) < 4.78 is 24.6. The fourth-order valence-corrected chi connectivity index (χ4v) is 9.89. The lowest BCUT2D eigenvalue weighted by Gasteiger charge is -2.38. The fourth-order valence-electron chi connectivity index (χ4n) is 5.51. The van der Waals surface area contributed by atoms with E-state index in [1.54, 1.807) is 145 Å². The molecule has 0 amide bonds. The minimum atomic E-state index is -1.45. The van der Waals surface area contributed by atoms with Crippen LogP contribution in [0.25, 0.3) is 0 Å². The monoisotopic (exact) mass is 794 g/mol. The van der Waals surface area contributed by atoms with E-state index in [4.69, 9.17) is 18.9 Å². The van der Waals surface area contributed by atoms with Gasteiger partial charge in [-0.1, -0.05) is 105 Å². The first-order valence-electron chi connectivity index (χ1n) is 17.8. The van der Waals surface area contributed by atoms with Crippen LogP contribution in [0.1, 0.15) is 55.3 Å². The number of carbonyl (C=O) groups excluding carboxylic acids is 4. The molecule has 5 aromatic carbocycles. The van der Waals surface area contributed by atoms with E-state index in [0.29, 0.717) is 5.75 Å². The van der Waals surface area contributed by atoms with Crippen molar-refractivity contribution in [1.82, 2.24) is 0 Å². The first-order chi connectivity index (χ1) is 26.9. The van der Waals surface area contributed by atoms with Crippen molar-refractivity contribution >= 4 is 59.2 Å². The van der Waals surface area contributed by atoms with E-state index >= 15 is 0 Å². The predicted molar refractivity (Wildman–Crippen MR) is 220 cm³/mol. The summed E-state index contributed by atoms with van der Waals surface area (Å²) in [5, 5.41) is -0.538. The van der Waals surface area contributed by atoms with Crippen LogP contribution in [0.4, 0.5) is 0 Å². The number of hydrogen-bond donors (Lipinski definition) is 0. The highest BCUT2D eigenvalue weighted by Crippen LogP contribution is 2.42. The van der Waals surface area contributed by atoms with Crippen molar-refractivity contribution < 1.29 is 38.1 Å². The molecule has 0 radical (unpaired) electrons. The first-order valence-corrected chi connectivity index (χ1v) is 20.8. The number of rotatable bonds is 19. The Hall–Kier alpha value is -4.97. The minimum absolute atomic E-state index is 0.228. The van der Waals surface area contributed by atoms with Crippen LogP contribution in [0.2, 0.25) is 0 Å². The van der Waals surface area contributed by atoms with Gasteiger partial charge >= 0.3 is 23.9 Å². The zero-order valence-corrected chi connectivity index (χ0v) is 32.9. The molecule has 0 aliphatic carbocycles. The van der Waals surface area contributed by atoms with E-state index in [1.807, 2.05) is 44.2 Å². The SMILES string of the molecule is CCS[C@@H](Sc1ccccc1)[C@H](SCC)[C@@H](OC(=O)c1ccccc1)[C@H](OC(=O)c1ccccc1)[C@@H](COC(=O)c1ccccc1)OC(=O)c1ccccc1. The molecule has 5 rings (SSSR count). The molecular weight excluding hydrogens is 753 g/mol. The summed E-state index contributed by atoms with van der Waals surface area (Å²) in [5.74, 6) is -1.49. The van der Waals surface area contributed by atoms with Crippen LogP contribution in [0, 0.1) is 0 Å². The Morgan fingerprint density at radius 2 is 0.855 bits per heavy atom. The van der Waals surface area contributed by atoms with Gasteiger partial charge in [0.05, 0.1) is 32.1 Å². The van der Waals surface area contributed by atoms with Gasteiger partial charge in [-0.3, -0.25) is 0 Å². The molecule has 0 saturated carbocycles. The van der Waals surface area contributed by atoms with Crippen molar-refractivity contribution in [3.8, 4) is 0 Å². The second-order valence-electron chi connectivity index (χ2n) is 11.9. The molecule has 0 aromatic heterocycles. The third-order valence-electron chi connectivity index (χ3n) is 8.13. The molecule has 8 nitrogen and oxygen atoms in total. The summed E-state index contributed by atoms with van der Waals surface area (Å²) >= 11 is 4.79. The topological polar surface area (TPSA) is 105 Å². The number of carbonyl (C=O) groups is 4. The van der Waals surface area contributed by atoms with Crippen molar-refractivity contribution in [3.05, 3.63) is 174 Å². The van der Waals surface area contributed by atoms with Gasteiger partial charge in [-0.05, 0) is 72.2 Å². The highest BCUT2D eigenvalue weighted by atomic mass is 32.2. The van der Waals surface area contributed by atoms with Crippen LogP contribution in [-0.2, 0) is 18.9 Å². The third kappa shape index (κ3) is 12.3. The maximum Gasteiger partial charge on any atom is 0.338 e. The Morgan fingerprint density at radius 1 is 0.473 bits per heavy atom. The summed E-state index contributed by atoms with van der Waals surface area (Å²) in [6, 6.07) is 43.5. The number of benzene rings is 5. The van der Waals surface area contributed by atoms with E-state index in [1.165, 1.54) is 11.8 Å². The van der Waals surface area contributed by atoms with Gasteiger partial charge in [-0.15, -0.1) is 23.5 Å². The predicted octanol–water partition coefficient (Wildman–Crippen LogP) is 9.51. The molecule has 0 heterocycles. The highest BCUT2D eigenvalue weighted by molar-refractivity contribution is 8.18. The van der Waals surface area contributed by atoms with E-state index in [9.17, 15) is 19.2 Å². The Balaban J connectivity index is 1.65. The average Bonchev–Trinajstić information content (AvgIpc) is 3.24. The molecule has 11 heteroatoms. The van der Waals surface area contributed by atoms with Gasteiger partial charge in [-0.2, -0.15) is 11.8 Å². The molecule has 0 bridgehead atoms. The molecular formula is C44H42O8S3. The Labute approximate surface area is 334 Å². The summed E-state index contributed by atoms with van der Waals surface area (Å²) in [6.45, 7) is 3.52. The van der Waals surface area contributed by atoms with Gasteiger partial charge in [0.1, 0.15) is 6.61 Å². The lowest BCUT2D eigenvalue weighted by Crippen LogP contribution is -2.53. The van der Waals surface area contributed by atoms with Crippen LogP contribution in [0.15, 0.2) is 157 Å². The fraction of sp³-hybridized carbons (Fsp3) is 0.227.